The molecule has 2 aromatic carbocycles. The van der Waals surface area contributed by atoms with Gasteiger partial charge in [0.25, 0.3) is 0 Å². The van der Waals surface area contributed by atoms with E-state index in [1.165, 1.54) is 0 Å². The number of imidazole rings is 1. The van der Waals surface area contributed by atoms with Crippen molar-refractivity contribution in [3.63, 3.8) is 0 Å². The molecule has 0 aliphatic heterocycles. The lowest BCUT2D eigenvalue weighted by Crippen LogP contribution is -2.22. The Balaban J connectivity index is 1.74. The van der Waals surface area contributed by atoms with E-state index in [9.17, 15) is 0 Å². The maximum atomic E-state index is 5.65. The van der Waals surface area contributed by atoms with Crippen molar-refractivity contribution in [1.82, 2.24) is 29.7 Å². The first-order chi connectivity index (χ1) is 15.3. The standard InChI is InChI=1S/C24H23N7S/c1-14-29-30-22(32-14)18-8-6-5-7-17(18)21-28-19-11-15(16-12-26-23(25)27-13-16)9-10-20(19)31(21)24(2,3)4/h5-13H,1-4H3,(H2,25,26,27). The third kappa shape index (κ3) is 3.52. The molecule has 0 radical (unpaired) electrons. The van der Waals surface area contributed by atoms with Crippen molar-refractivity contribution in [1.29, 1.82) is 0 Å². The second-order valence-electron chi connectivity index (χ2n) is 8.65. The average molecular weight is 442 g/mol. The fraction of sp³-hybridized carbons (Fsp3) is 0.208. The monoisotopic (exact) mass is 441 g/mol. The fourth-order valence-corrected chi connectivity index (χ4v) is 4.61. The van der Waals surface area contributed by atoms with Crippen LogP contribution in [0.4, 0.5) is 5.95 Å². The van der Waals surface area contributed by atoms with Crippen LogP contribution < -0.4 is 5.73 Å². The lowest BCUT2D eigenvalue weighted by molar-refractivity contribution is 0.413. The second kappa shape index (κ2) is 7.49. The molecule has 0 atom stereocenters. The zero-order valence-electron chi connectivity index (χ0n) is 18.4. The summed E-state index contributed by atoms with van der Waals surface area (Å²) in [6.07, 6.45) is 3.47. The molecule has 3 aromatic heterocycles. The predicted molar refractivity (Wildman–Crippen MR) is 129 cm³/mol. The van der Waals surface area contributed by atoms with Crippen molar-refractivity contribution in [3.05, 3.63) is 59.9 Å². The number of nitrogens with zero attached hydrogens (tertiary/aromatic N) is 6. The quantitative estimate of drug-likeness (QED) is 0.407. The van der Waals surface area contributed by atoms with Gasteiger partial charge in [0.1, 0.15) is 15.8 Å². The molecule has 160 valence electrons. The van der Waals surface area contributed by atoms with E-state index in [2.05, 4.69) is 75.8 Å². The van der Waals surface area contributed by atoms with Gasteiger partial charge in [0.05, 0.1) is 11.0 Å². The molecule has 0 unspecified atom stereocenters. The van der Waals surface area contributed by atoms with Gasteiger partial charge >= 0.3 is 0 Å². The van der Waals surface area contributed by atoms with Gasteiger partial charge in [-0.25, -0.2) is 15.0 Å². The van der Waals surface area contributed by atoms with Crippen LogP contribution in [0, 0.1) is 6.92 Å². The molecule has 8 heteroatoms. The highest BCUT2D eigenvalue weighted by atomic mass is 32.1. The Labute approximate surface area is 190 Å². The SMILES string of the molecule is Cc1nnc(-c2ccccc2-c2nc3cc(-c4cnc(N)nc4)ccc3n2C(C)(C)C)s1. The Morgan fingerprint density at radius 2 is 1.62 bits per heavy atom. The minimum absolute atomic E-state index is 0.180. The molecular weight excluding hydrogens is 418 g/mol. The van der Waals surface area contributed by atoms with Crippen LogP contribution in [-0.2, 0) is 5.54 Å². The zero-order chi connectivity index (χ0) is 22.5. The smallest absolute Gasteiger partial charge is 0.219 e. The highest BCUT2D eigenvalue weighted by Gasteiger charge is 2.25. The summed E-state index contributed by atoms with van der Waals surface area (Å²) in [5.41, 5.74) is 11.4. The Morgan fingerprint density at radius 1 is 0.906 bits per heavy atom. The van der Waals surface area contributed by atoms with Gasteiger partial charge in [0, 0.05) is 34.6 Å². The lowest BCUT2D eigenvalue weighted by Gasteiger charge is -2.25. The summed E-state index contributed by atoms with van der Waals surface area (Å²) in [6.45, 7) is 8.54. The first-order valence-electron chi connectivity index (χ1n) is 10.3. The van der Waals surface area contributed by atoms with Gasteiger partial charge in [-0.2, -0.15) is 0 Å². The molecule has 7 nitrogen and oxygen atoms in total. The minimum Gasteiger partial charge on any atom is -0.368 e. The van der Waals surface area contributed by atoms with Gasteiger partial charge in [0.2, 0.25) is 5.95 Å². The molecule has 0 saturated carbocycles. The van der Waals surface area contributed by atoms with Crippen molar-refractivity contribution >= 4 is 28.3 Å². The highest BCUT2D eigenvalue weighted by Crippen LogP contribution is 2.38. The van der Waals surface area contributed by atoms with Crippen molar-refractivity contribution in [2.24, 2.45) is 0 Å². The van der Waals surface area contributed by atoms with E-state index in [0.29, 0.717) is 0 Å². The molecule has 3 heterocycles. The lowest BCUT2D eigenvalue weighted by atomic mass is 10.0. The van der Waals surface area contributed by atoms with Gasteiger partial charge < -0.3 is 10.3 Å². The number of benzene rings is 2. The van der Waals surface area contributed by atoms with Crippen LogP contribution >= 0.6 is 11.3 Å². The molecule has 0 saturated heterocycles. The fourth-order valence-electron chi connectivity index (χ4n) is 3.88. The first-order valence-corrected chi connectivity index (χ1v) is 11.1. The van der Waals surface area contributed by atoms with Crippen LogP contribution in [-0.4, -0.2) is 29.7 Å². The molecule has 2 N–H and O–H groups in total. The molecule has 0 fully saturated rings. The van der Waals surface area contributed by atoms with Crippen molar-refractivity contribution in [3.8, 4) is 33.1 Å². The van der Waals surface area contributed by atoms with Crippen LogP contribution in [0.15, 0.2) is 54.9 Å². The van der Waals surface area contributed by atoms with Crippen LogP contribution in [0.1, 0.15) is 25.8 Å². The summed E-state index contributed by atoms with van der Waals surface area (Å²) in [6, 6.07) is 14.5. The number of hydrogen-bond donors (Lipinski definition) is 1. The van der Waals surface area contributed by atoms with Crippen molar-refractivity contribution in [2.75, 3.05) is 5.73 Å². The summed E-state index contributed by atoms with van der Waals surface area (Å²) in [5.74, 6) is 1.17. The second-order valence-corrected chi connectivity index (χ2v) is 9.83. The largest absolute Gasteiger partial charge is 0.368 e. The number of hydrogen-bond acceptors (Lipinski definition) is 7. The molecule has 0 aliphatic rings. The number of nitrogen functional groups attached to an aromatic ring is 1. The topological polar surface area (TPSA) is 95.4 Å². The predicted octanol–water partition coefficient (Wildman–Crippen LogP) is 5.32. The zero-order valence-corrected chi connectivity index (χ0v) is 19.2. The van der Waals surface area contributed by atoms with E-state index >= 15 is 0 Å². The molecule has 0 amide bonds. The van der Waals surface area contributed by atoms with E-state index in [0.717, 1.165) is 49.1 Å². The van der Waals surface area contributed by atoms with E-state index in [1.807, 2.05) is 19.1 Å². The Bertz CT molecular complexity index is 1430. The van der Waals surface area contributed by atoms with Gasteiger partial charge in [-0.1, -0.05) is 41.7 Å². The number of aromatic nitrogens is 6. The molecule has 5 aromatic rings. The summed E-state index contributed by atoms with van der Waals surface area (Å²) < 4.78 is 2.29. The number of nitrogens with two attached hydrogens (primary N) is 1. The molecule has 0 aliphatic carbocycles. The van der Waals surface area contributed by atoms with Gasteiger partial charge in [-0.15, -0.1) is 10.2 Å². The minimum atomic E-state index is -0.180. The average Bonchev–Trinajstić information content (AvgIpc) is 3.37. The Kier molecular flexibility index (Phi) is 4.74. The Morgan fingerprint density at radius 3 is 2.28 bits per heavy atom. The van der Waals surface area contributed by atoms with Gasteiger partial charge in [-0.05, 0) is 45.4 Å². The van der Waals surface area contributed by atoms with E-state index in [-0.39, 0.29) is 11.5 Å². The van der Waals surface area contributed by atoms with E-state index in [4.69, 9.17) is 10.7 Å². The molecule has 0 spiro atoms. The van der Waals surface area contributed by atoms with E-state index in [1.54, 1.807) is 23.7 Å². The van der Waals surface area contributed by atoms with Crippen LogP contribution in [0.2, 0.25) is 0 Å². The number of fused-ring (bicyclic) bond motifs is 1. The maximum absolute atomic E-state index is 5.65. The normalized spacial score (nSPS) is 11.9. The third-order valence-corrected chi connectivity index (χ3v) is 6.13. The summed E-state index contributed by atoms with van der Waals surface area (Å²) >= 11 is 1.59. The summed E-state index contributed by atoms with van der Waals surface area (Å²) in [5, 5.41) is 10.4. The Hall–Kier alpha value is -3.65. The van der Waals surface area contributed by atoms with Gasteiger partial charge in [0.15, 0.2) is 0 Å². The van der Waals surface area contributed by atoms with Crippen molar-refractivity contribution in [2.45, 2.75) is 33.2 Å². The molecule has 5 rings (SSSR count). The molecule has 32 heavy (non-hydrogen) atoms. The van der Waals surface area contributed by atoms with Crippen LogP contribution in [0.5, 0.6) is 0 Å². The third-order valence-electron chi connectivity index (χ3n) is 5.25. The number of rotatable bonds is 3. The molecule has 0 bridgehead atoms. The van der Waals surface area contributed by atoms with Crippen LogP contribution in [0.25, 0.3) is 44.1 Å². The van der Waals surface area contributed by atoms with Gasteiger partial charge in [-0.3, -0.25) is 0 Å². The highest BCUT2D eigenvalue weighted by molar-refractivity contribution is 7.14. The maximum Gasteiger partial charge on any atom is 0.219 e. The number of aryl methyl sites for hydroxylation is 1. The van der Waals surface area contributed by atoms with E-state index < -0.39 is 0 Å². The first kappa shape index (κ1) is 20.3. The van der Waals surface area contributed by atoms with Crippen molar-refractivity contribution < 1.29 is 0 Å². The number of anilines is 1. The summed E-state index contributed by atoms with van der Waals surface area (Å²) in [7, 11) is 0. The molecular formula is C24H23N7S. The summed E-state index contributed by atoms with van der Waals surface area (Å²) in [4.78, 5) is 13.3. The van der Waals surface area contributed by atoms with Crippen LogP contribution in [0.3, 0.4) is 0 Å².